The summed E-state index contributed by atoms with van der Waals surface area (Å²) in [4.78, 5) is 24.3. The van der Waals surface area contributed by atoms with Crippen molar-refractivity contribution in [2.45, 2.75) is 105 Å². The van der Waals surface area contributed by atoms with Gasteiger partial charge < -0.3 is 14.6 Å². The largest absolute Gasteiger partial charge is 0.508 e. The Bertz CT molecular complexity index is 1080. The van der Waals surface area contributed by atoms with Crippen LogP contribution in [0, 0.1) is 10.8 Å². The Morgan fingerprint density at radius 1 is 0.838 bits per heavy atom. The van der Waals surface area contributed by atoms with Gasteiger partial charge in [-0.2, -0.15) is 0 Å². The second kappa shape index (κ2) is 12.1. The minimum Gasteiger partial charge on any atom is -0.508 e. The fourth-order valence-corrected chi connectivity index (χ4v) is 4.53. The van der Waals surface area contributed by atoms with Crippen molar-refractivity contribution in [3.63, 3.8) is 0 Å². The molecular weight excluding hydrogens is 464 g/mol. The van der Waals surface area contributed by atoms with Crippen LogP contribution in [-0.2, 0) is 38.3 Å². The Kier molecular flexibility index (Phi) is 9.44. The van der Waals surface area contributed by atoms with E-state index in [2.05, 4.69) is 18.2 Å². The first kappa shape index (κ1) is 28.7. The third-order valence-corrected chi connectivity index (χ3v) is 8.05. The minimum absolute atomic E-state index is 0.0583. The van der Waals surface area contributed by atoms with Gasteiger partial charge in [0.2, 0.25) is 0 Å². The molecule has 0 heterocycles. The average Bonchev–Trinajstić information content (AvgIpc) is 3.15. The van der Waals surface area contributed by atoms with Crippen LogP contribution in [0.25, 0.3) is 0 Å². The van der Waals surface area contributed by atoms with Crippen LogP contribution in [0.4, 0.5) is 0 Å². The molecule has 5 heteroatoms. The first-order valence-electron chi connectivity index (χ1n) is 13.8. The summed E-state index contributed by atoms with van der Waals surface area (Å²) in [7, 11) is 0. The zero-order chi connectivity index (χ0) is 27.2. The Labute approximate surface area is 222 Å². The lowest BCUT2D eigenvalue weighted by Crippen LogP contribution is -2.30. The molecule has 0 fully saturated rings. The highest BCUT2D eigenvalue weighted by Gasteiger charge is 2.33. The van der Waals surface area contributed by atoms with Crippen molar-refractivity contribution in [3.8, 4) is 5.75 Å². The fourth-order valence-electron chi connectivity index (χ4n) is 4.53. The second-order valence-electron chi connectivity index (χ2n) is 11.7. The predicted molar refractivity (Wildman–Crippen MR) is 146 cm³/mol. The minimum atomic E-state index is -0.420. The Morgan fingerprint density at radius 3 is 2.14 bits per heavy atom. The van der Waals surface area contributed by atoms with Gasteiger partial charge in [-0.15, -0.1) is 0 Å². The van der Waals surface area contributed by atoms with Crippen molar-refractivity contribution in [1.82, 2.24) is 0 Å². The van der Waals surface area contributed by atoms with Gasteiger partial charge in [0, 0.05) is 12.8 Å². The summed E-state index contributed by atoms with van der Waals surface area (Å²) in [6.45, 7) is 11.7. The summed E-state index contributed by atoms with van der Waals surface area (Å²) in [5.41, 5.74) is 3.99. The number of phenolic OH excluding ortho intramolecular Hbond substituents is 1. The molecule has 0 saturated heterocycles. The fraction of sp³-hybridized carbons (Fsp3) is 0.562. The van der Waals surface area contributed by atoms with Crippen molar-refractivity contribution < 1.29 is 24.2 Å². The number of ether oxygens (including phenoxy) is 2. The van der Waals surface area contributed by atoms with Crippen LogP contribution in [0.15, 0.2) is 42.5 Å². The quantitative estimate of drug-likeness (QED) is 0.328. The average molecular weight is 509 g/mol. The number of rotatable bonds is 6. The van der Waals surface area contributed by atoms with Crippen molar-refractivity contribution >= 4 is 11.9 Å². The number of aromatic hydroxyl groups is 1. The van der Waals surface area contributed by atoms with Gasteiger partial charge in [-0.3, -0.25) is 9.59 Å². The summed E-state index contributed by atoms with van der Waals surface area (Å²) in [5, 5.41) is 9.42. The maximum atomic E-state index is 12.3. The highest BCUT2D eigenvalue weighted by atomic mass is 16.5. The number of hydrogen-bond acceptors (Lipinski definition) is 5. The maximum absolute atomic E-state index is 12.3. The molecular formula is C32H44O5. The Balaban J connectivity index is 0.000000206. The smallest absolute Gasteiger partial charge is 0.312 e. The topological polar surface area (TPSA) is 72.8 Å². The zero-order valence-corrected chi connectivity index (χ0v) is 23.4. The van der Waals surface area contributed by atoms with E-state index in [-0.39, 0.29) is 35.3 Å². The number of esters is 2. The molecule has 0 bridgehead atoms. The molecule has 1 N–H and O–H groups in total. The van der Waals surface area contributed by atoms with Gasteiger partial charge >= 0.3 is 11.9 Å². The molecule has 4 rings (SSSR count). The molecule has 37 heavy (non-hydrogen) atoms. The van der Waals surface area contributed by atoms with Gasteiger partial charge in [0.25, 0.3) is 0 Å². The van der Waals surface area contributed by atoms with E-state index in [9.17, 15) is 14.7 Å². The van der Waals surface area contributed by atoms with Crippen LogP contribution >= 0.6 is 0 Å². The number of fused-ring (bicyclic) bond motifs is 2. The third kappa shape index (κ3) is 7.37. The van der Waals surface area contributed by atoms with Gasteiger partial charge in [0.1, 0.15) is 18.0 Å². The van der Waals surface area contributed by atoms with Crippen LogP contribution < -0.4 is 0 Å². The number of phenols is 1. The molecule has 2 atom stereocenters. The van der Waals surface area contributed by atoms with E-state index in [0.29, 0.717) is 6.42 Å². The Hall–Kier alpha value is -2.82. The van der Waals surface area contributed by atoms with Crippen molar-refractivity contribution in [1.29, 1.82) is 0 Å². The van der Waals surface area contributed by atoms with Crippen molar-refractivity contribution in [2.24, 2.45) is 10.8 Å². The predicted octanol–water partition coefficient (Wildman–Crippen LogP) is 7.27. The molecule has 0 amide bonds. The first-order valence-corrected chi connectivity index (χ1v) is 13.8. The molecule has 0 spiro atoms. The normalized spacial score (nSPS) is 19.0. The molecule has 0 saturated carbocycles. The van der Waals surface area contributed by atoms with E-state index < -0.39 is 5.41 Å². The van der Waals surface area contributed by atoms with Gasteiger partial charge in [0.15, 0.2) is 0 Å². The molecule has 0 radical (unpaired) electrons. The van der Waals surface area contributed by atoms with Crippen LogP contribution in [0.3, 0.4) is 0 Å². The van der Waals surface area contributed by atoms with Crippen molar-refractivity contribution in [3.05, 3.63) is 64.7 Å². The SMILES string of the molecule is CCC(C)(C)C(=O)OC1CCCCc2ccccc21.CCC(C)(C)C(=O)OC1Cc2ccc(O)cc2C1. The van der Waals surface area contributed by atoms with Crippen LogP contribution in [-0.4, -0.2) is 23.1 Å². The molecule has 2 aromatic carbocycles. The van der Waals surface area contributed by atoms with E-state index >= 15 is 0 Å². The summed E-state index contributed by atoms with van der Waals surface area (Å²) in [6.07, 6.45) is 7.24. The van der Waals surface area contributed by atoms with Crippen LogP contribution in [0.1, 0.15) is 102 Å². The van der Waals surface area contributed by atoms with Gasteiger partial charge in [-0.1, -0.05) is 44.2 Å². The van der Waals surface area contributed by atoms with Crippen LogP contribution in [0.5, 0.6) is 5.75 Å². The standard InChI is InChI=1S/C17H24O2.C15H20O3/c1-4-17(2,3)16(18)19-15-12-8-6-10-13-9-5-7-11-14(13)15;1-4-15(2,3)14(17)18-13-8-10-5-6-12(16)7-11(10)9-13/h5,7,9,11,15H,4,6,8,10,12H2,1-3H3;5-7,13,16H,4,8-9H2,1-3H3. The second-order valence-corrected chi connectivity index (χ2v) is 11.7. The van der Waals surface area contributed by atoms with Gasteiger partial charge in [-0.25, -0.2) is 0 Å². The monoisotopic (exact) mass is 508 g/mol. The van der Waals surface area contributed by atoms with Crippen molar-refractivity contribution in [2.75, 3.05) is 0 Å². The molecule has 2 unspecified atom stereocenters. The molecule has 202 valence electrons. The summed E-state index contributed by atoms with van der Waals surface area (Å²) in [6, 6.07) is 13.7. The molecule has 0 aliphatic heterocycles. The zero-order valence-electron chi connectivity index (χ0n) is 23.4. The van der Waals surface area contributed by atoms with E-state index in [0.717, 1.165) is 44.1 Å². The molecule has 0 aromatic heterocycles. The van der Waals surface area contributed by atoms with Gasteiger partial charge in [0.05, 0.1) is 10.8 Å². The maximum Gasteiger partial charge on any atom is 0.312 e. The number of benzene rings is 2. The van der Waals surface area contributed by atoms with E-state index in [4.69, 9.17) is 9.47 Å². The lowest BCUT2D eigenvalue weighted by molar-refractivity contribution is -0.161. The third-order valence-electron chi connectivity index (χ3n) is 8.05. The molecule has 2 aliphatic rings. The number of hydrogen-bond donors (Lipinski definition) is 1. The first-order chi connectivity index (χ1) is 17.5. The molecule has 2 aromatic rings. The number of carbonyl (C=O) groups excluding carboxylic acids is 2. The summed E-state index contributed by atoms with van der Waals surface area (Å²) < 4.78 is 11.4. The lowest BCUT2D eigenvalue weighted by atomic mass is 9.90. The Morgan fingerprint density at radius 2 is 1.46 bits per heavy atom. The number of carbonyl (C=O) groups is 2. The van der Waals surface area contributed by atoms with Crippen LogP contribution in [0.2, 0.25) is 0 Å². The van der Waals surface area contributed by atoms with E-state index in [1.165, 1.54) is 23.1 Å². The van der Waals surface area contributed by atoms with E-state index in [1.54, 1.807) is 12.1 Å². The molecule has 5 nitrogen and oxygen atoms in total. The molecule has 2 aliphatic carbocycles. The highest BCUT2D eigenvalue weighted by molar-refractivity contribution is 5.76. The summed E-state index contributed by atoms with van der Waals surface area (Å²) in [5.74, 6) is 0.0679. The number of aryl methyl sites for hydroxylation is 1. The lowest BCUT2D eigenvalue weighted by Gasteiger charge is -2.25. The van der Waals surface area contributed by atoms with E-state index in [1.807, 2.05) is 53.7 Å². The highest BCUT2D eigenvalue weighted by Crippen LogP contribution is 2.34. The summed E-state index contributed by atoms with van der Waals surface area (Å²) >= 11 is 0. The van der Waals surface area contributed by atoms with Gasteiger partial charge in [-0.05, 0) is 101 Å².